The van der Waals surface area contributed by atoms with Crippen LogP contribution in [0, 0.1) is 5.92 Å². The number of pyridine rings is 1. The first-order valence-corrected chi connectivity index (χ1v) is 9.83. The average Bonchev–Trinajstić information content (AvgIpc) is 3.27. The molecule has 7 nitrogen and oxygen atoms in total. The first kappa shape index (κ1) is 19.2. The Morgan fingerprint density at radius 2 is 2.26 bits per heavy atom. The molecule has 27 heavy (non-hydrogen) atoms. The van der Waals surface area contributed by atoms with E-state index in [9.17, 15) is 4.79 Å². The lowest BCUT2D eigenvalue weighted by molar-refractivity contribution is -0.133. The second-order valence-electron chi connectivity index (χ2n) is 7.28. The molecule has 3 rings (SSSR count). The highest BCUT2D eigenvalue weighted by Gasteiger charge is 2.27. The van der Waals surface area contributed by atoms with Crippen molar-refractivity contribution in [2.45, 2.75) is 39.7 Å². The predicted octanol–water partition coefficient (Wildman–Crippen LogP) is 1.69. The van der Waals surface area contributed by atoms with Gasteiger partial charge in [0, 0.05) is 57.0 Å². The number of hydrogen-bond acceptors (Lipinski definition) is 3. The molecule has 1 aliphatic heterocycles. The van der Waals surface area contributed by atoms with Gasteiger partial charge in [-0.1, -0.05) is 19.9 Å². The van der Waals surface area contributed by atoms with Crippen LogP contribution in [0.1, 0.15) is 32.9 Å². The van der Waals surface area contributed by atoms with E-state index in [-0.39, 0.29) is 17.9 Å². The summed E-state index contributed by atoms with van der Waals surface area (Å²) >= 11 is 0. The standard InChI is InChI=1S/C20H30N6O/c1-4-21-20(24-17-9-12-26(14-17)19(27)15(2)3)22-10-8-16-13-25-11-6-5-7-18(25)23-16/h5-7,11,13,15,17H,4,8-10,12,14H2,1-3H3,(H2,21,22,24). The highest BCUT2D eigenvalue weighted by Crippen LogP contribution is 2.12. The summed E-state index contributed by atoms with van der Waals surface area (Å²) in [4.78, 5) is 23.4. The Kier molecular flexibility index (Phi) is 6.32. The maximum Gasteiger partial charge on any atom is 0.225 e. The number of guanidine groups is 1. The lowest BCUT2D eigenvalue weighted by atomic mass is 10.2. The summed E-state index contributed by atoms with van der Waals surface area (Å²) in [7, 11) is 0. The van der Waals surface area contributed by atoms with Gasteiger partial charge >= 0.3 is 0 Å². The SMILES string of the molecule is CCNC(=NCCc1cn2ccccc2n1)NC1CCN(C(=O)C(C)C)C1. The van der Waals surface area contributed by atoms with Crippen molar-refractivity contribution in [1.29, 1.82) is 0 Å². The van der Waals surface area contributed by atoms with Gasteiger partial charge in [-0.25, -0.2) is 4.98 Å². The number of imidazole rings is 1. The zero-order valence-corrected chi connectivity index (χ0v) is 16.5. The molecule has 1 amide bonds. The van der Waals surface area contributed by atoms with Crippen LogP contribution in [0.25, 0.3) is 5.65 Å². The summed E-state index contributed by atoms with van der Waals surface area (Å²) < 4.78 is 2.03. The normalized spacial score (nSPS) is 17.7. The molecule has 2 N–H and O–H groups in total. The number of amides is 1. The number of aliphatic imine (C=N–C) groups is 1. The van der Waals surface area contributed by atoms with E-state index in [1.807, 2.05) is 47.5 Å². The van der Waals surface area contributed by atoms with Crippen molar-refractivity contribution in [2.24, 2.45) is 10.9 Å². The molecule has 1 aliphatic rings. The molecule has 7 heteroatoms. The van der Waals surface area contributed by atoms with E-state index in [0.717, 1.165) is 49.8 Å². The van der Waals surface area contributed by atoms with Crippen LogP contribution in [-0.4, -0.2) is 58.4 Å². The Balaban J connectivity index is 1.54. The van der Waals surface area contributed by atoms with Crippen molar-refractivity contribution < 1.29 is 4.79 Å². The van der Waals surface area contributed by atoms with Gasteiger partial charge in [0.1, 0.15) is 5.65 Å². The van der Waals surface area contributed by atoms with Crippen molar-refractivity contribution in [3.8, 4) is 0 Å². The van der Waals surface area contributed by atoms with Crippen molar-refractivity contribution in [3.63, 3.8) is 0 Å². The van der Waals surface area contributed by atoms with Crippen molar-refractivity contribution >= 4 is 17.5 Å². The lowest BCUT2D eigenvalue weighted by Crippen LogP contribution is -2.45. The molecule has 1 unspecified atom stereocenters. The summed E-state index contributed by atoms with van der Waals surface area (Å²) in [5.41, 5.74) is 2.00. The van der Waals surface area contributed by atoms with E-state index in [0.29, 0.717) is 6.54 Å². The Morgan fingerprint density at radius 1 is 1.41 bits per heavy atom. The number of aromatic nitrogens is 2. The van der Waals surface area contributed by atoms with Gasteiger partial charge in [0.15, 0.2) is 5.96 Å². The van der Waals surface area contributed by atoms with Gasteiger partial charge in [-0.2, -0.15) is 0 Å². The first-order chi connectivity index (χ1) is 13.1. The lowest BCUT2D eigenvalue weighted by Gasteiger charge is -2.20. The van der Waals surface area contributed by atoms with Crippen LogP contribution in [0.5, 0.6) is 0 Å². The highest BCUT2D eigenvalue weighted by atomic mass is 16.2. The van der Waals surface area contributed by atoms with Crippen LogP contribution in [0.4, 0.5) is 0 Å². The highest BCUT2D eigenvalue weighted by molar-refractivity contribution is 5.81. The number of fused-ring (bicyclic) bond motifs is 1. The summed E-state index contributed by atoms with van der Waals surface area (Å²) in [6.45, 7) is 9.00. The zero-order valence-electron chi connectivity index (χ0n) is 16.5. The van der Waals surface area contributed by atoms with Crippen LogP contribution in [0.2, 0.25) is 0 Å². The number of carbonyl (C=O) groups is 1. The van der Waals surface area contributed by atoms with Crippen LogP contribution in [-0.2, 0) is 11.2 Å². The van der Waals surface area contributed by atoms with Crippen molar-refractivity contribution in [3.05, 3.63) is 36.3 Å². The molecular weight excluding hydrogens is 340 g/mol. The molecular formula is C20H30N6O. The van der Waals surface area contributed by atoms with E-state index < -0.39 is 0 Å². The maximum atomic E-state index is 12.1. The summed E-state index contributed by atoms with van der Waals surface area (Å²) in [6, 6.07) is 6.24. The number of nitrogens with one attached hydrogen (secondary N) is 2. The van der Waals surface area contributed by atoms with E-state index in [1.165, 1.54) is 0 Å². The van der Waals surface area contributed by atoms with Gasteiger partial charge < -0.3 is 19.9 Å². The molecule has 0 aliphatic carbocycles. The molecule has 0 radical (unpaired) electrons. The van der Waals surface area contributed by atoms with Gasteiger partial charge in [-0.3, -0.25) is 9.79 Å². The zero-order chi connectivity index (χ0) is 19.2. The molecule has 0 spiro atoms. The third-order valence-electron chi connectivity index (χ3n) is 4.73. The van der Waals surface area contributed by atoms with Crippen molar-refractivity contribution in [1.82, 2.24) is 24.9 Å². The van der Waals surface area contributed by atoms with Crippen LogP contribution in [0.3, 0.4) is 0 Å². The monoisotopic (exact) mass is 370 g/mol. The first-order valence-electron chi connectivity index (χ1n) is 9.83. The van der Waals surface area contributed by atoms with Gasteiger partial charge in [0.25, 0.3) is 0 Å². The maximum absolute atomic E-state index is 12.1. The Hall–Kier alpha value is -2.57. The summed E-state index contributed by atoms with van der Waals surface area (Å²) in [6.07, 6.45) is 5.80. The molecule has 146 valence electrons. The minimum atomic E-state index is 0.0519. The number of likely N-dealkylation sites (tertiary alicyclic amines) is 1. The topological polar surface area (TPSA) is 74.0 Å². The summed E-state index contributed by atoms with van der Waals surface area (Å²) in [5.74, 6) is 1.09. The van der Waals surface area contributed by atoms with Crippen LogP contribution in [0.15, 0.2) is 35.6 Å². The Bertz CT molecular complexity index is 764. The van der Waals surface area contributed by atoms with Crippen LogP contribution >= 0.6 is 0 Å². The quantitative estimate of drug-likeness (QED) is 0.599. The molecule has 0 saturated carbocycles. The third kappa shape index (κ3) is 4.99. The Morgan fingerprint density at radius 3 is 3.00 bits per heavy atom. The minimum absolute atomic E-state index is 0.0519. The fraction of sp³-hybridized carbons (Fsp3) is 0.550. The number of nitrogens with zero attached hydrogens (tertiary/aromatic N) is 4. The predicted molar refractivity (Wildman–Crippen MR) is 108 cm³/mol. The number of rotatable bonds is 6. The average molecular weight is 371 g/mol. The number of hydrogen-bond donors (Lipinski definition) is 2. The fourth-order valence-corrected chi connectivity index (χ4v) is 3.35. The van der Waals surface area contributed by atoms with E-state index in [4.69, 9.17) is 0 Å². The van der Waals surface area contributed by atoms with Gasteiger partial charge in [-0.05, 0) is 25.5 Å². The van der Waals surface area contributed by atoms with Crippen molar-refractivity contribution in [2.75, 3.05) is 26.2 Å². The third-order valence-corrected chi connectivity index (χ3v) is 4.73. The largest absolute Gasteiger partial charge is 0.357 e. The van der Waals surface area contributed by atoms with Gasteiger partial charge in [0.05, 0.1) is 5.69 Å². The number of carbonyl (C=O) groups excluding carboxylic acids is 1. The molecule has 0 bridgehead atoms. The minimum Gasteiger partial charge on any atom is -0.357 e. The molecule has 2 aromatic rings. The van der Waals surface area contributed by atoms with Gasteiger partial charge in [0.2, 0.25) is 5.91 Å². The molecule has 3 heterocycles. The smallest absolute Gasteiger partial charge is 0.225 e. The molecule has 1 atom stereocenters. The van der Waals surface area contributed by atoms with Gasteiger partial charge in [-0.15, -0.1) is 0 Å². The van der Waals surface area contributed by atoms with E-state index in [2.05, 4.69) is 33.7 Å². The molecule has 1 fully saturated rings. The van der Waals surface area contributed by atoms with Crippen LogP contribution < -0.4 is 10.6 Å². The fourth-order valence-electron chi connectivity index (χ4n) is 3.35. The molecule has 1 saturated heterocycles. The van der Waals surface area contributed by atoms with E-state index in [1.54, 1.807) is 0 Å². The second-order valence-corrected chi connectivity index (χ2v) is 7.28. The van der Waals surface area contributed by atoms with E-state index >= 15 is 0 Å². The summed E-state index contributed by atoms with van der Waals surface area (Å²) in [5, 5.41) is 6.77. The second kappa shape index (κ2) is 8.88. The molecule has 0 aromatic carbocycles. The molecule has 2 aromatic heterocycles. The Labute approximate surface area is 160 Å².